The van der Waals surface area contributed by atoms with E-state index in [-0.39, 0.29) is 0 Å². The van der Waals surface area contributed by atoms with E-state index in [2.05, 4.69) is 26.9 Å². The van der Waals surface area contributed by atoms with Crippen molar-refractivity contribution in [2.24, 2.45) is 10.4 Å². The molecule has 2 saturated heterocycles. The van der Waals surface area contributed by atoms with Gasteiger partial charge < -0.3 is 15.0 Å². The first-order valence-electron chi connectivity index (χ1n) is 8.00. The Balaban J connectivity index is 1.82. The van der Waals surface area contributed by atoms with Crippen LogP contribution < -0.4 is 10.0 Å². The maximum atomic E-state index is 11.0. The van der Waals surface area contributed by atoms with Crippen LogP contribution in [0, 0.1) is 5.41 Å². The summed E-state index contributed by atoms with van der Waals surface area (Å²) < 4.78 is 30.1. The van der Waals surface area contributed by atoms with E-state index in [0.717, 1.165) is 51.6 Å². The highest BCUT2D eigenvalue weighted by atomic mass is 32.2. The van der Waals surface area contributed by atoms with E-state index in [9.17, 15) is 8.42 Å². The molecule has 7 nitrogen and oxygen atoms in total. The highest BCUT2D eigenvalue weighted by molar-refractivity contribution is 7.88. The SMILES string of the molecule is CCNC(=NCCCNS(C)(=O)=O)N1CCC2(CCOC2)C1. The Labute approximate surface area is 133 Å². The van der Waals surface area contributed by atoms with Crippen LogP contribution in [-0.2, 0) is 14.8 Å². The summed E-state index contributed by atoms with van der Waals surface area (Å²) >= 11 is 0. The molecule has 128 valence electrons. The molecule has 0 aliphatic carbocycles. The molecule has 2 aliphatic heterocycles. The van der Waals surface area contributed by atoms with Crippen molar-refractivity contribution in [3.8, 4) is 0 Å². The molecular formula is C14H28N4O3S. The van der Waals surface area contributed by atoms with Gasteiger partial charge in [0.2, 0.25) is 10.0 Å². The highest BCUT2D eigenvalue weighted by Gasteiger charge is 2.42. The van der Waals surface area contributed by atoms with Gasteiger partial charge in [-0.25, -0.2) is 13.1 Å². The molecule has 0 aromatic heterocycles. The molecule has 1 atom stereocenters. The fourth-order valence-corrected chi connectivity index (χ4v) is 3.55. The van der Waals surface area contributed by atoms with Gasteiger partial charge in [-0.1, -0.05) is 0 Å². The predicted molar refractivity (Wildman–Crippen MR) is 87.5 cm³/mol. The minimum atomic E-state index is -3.10. The third-order valence-corrected chi connectivity index (χ3v) is 4.95. The first kappa shape index (κ1) is 17.5. The van der Waals surface area contributed by atoms with Crippen molar-refractivity contribution in [3.05, 3.63) is 0 Å². The number of guanidine groups is 1. The molecule has 2 N–H and O–H groups in total. The Hall–Kier alpha value is -0.860. The molecule has 2 rings (SSSR count). The van der Waals surface area contributed by atoms with E-state index >= 15 is 0 Å². The van der Waals surface area contributed by atoms with Crippen molar-refractivity contribution in [2.45, 2.75) is 26.2 Å². The largest absolute Gasteiger partial charge is 0.381 e. The van der Waals surface area contributed by atoms with Crippen molar-refractivity contribution in [1.82, 2.24) is 14.9 Å². The summed E-state index contributed by atoms with van der Waals surface area (Å²) in [6.07, 6.45) is 4.17. The first-order valence-corrected chi connectivity index (χ1v) is 9.89. The molecule has 2 heterocycles. The van der Waals surface area contributed by atoms with Gasteiger partial charge >= 0.3 is 0 Å². The number of hydrogen-bond acceptors (Lipinski definition) is 4. The number of ether oxygens (including phenoxy) is 1. The third-order valence-electron chi connectivity index (χ3n) is 4.22. The van der Waals surface area contributed by atoms with Gasteiger partial charge in [0.1, 0.15) is 0 Å². The lowest BCUT2D eigenvalue weighted by molar-refractivity contribution is 0.156. The second-order valence-corrected chi connectivity index (χ2v) is 8.06. The standard InChI is InChI=1S/C14H28N4O3S/c1-3-15-13(16-7-4-8-17-22(2,19)20)18-9-5-14(11-18)6-10-21-12-14/h17H,3-12H2,1-2H3,(H,15,16). The Kier molecular flexibility index (Phi) is 6.05. The monoisotopic (exact) mass is 332 g/mol. The summed E-state index contributed by atoms with van der Waals surface area (Å²) in [5, 5.41) is 3.33. The lowest BCUT2D eigenvalue weighted by atomic mass is 9.87. The molecule has 0 amide bonds. The molecule has 1 unspecified atom stereocenters. The number of nitrogens with one attached hydrogen (secondary N) is 2. The van der Waals surface area contributed by atoms with Gasteiger partial charge in [0.25, 0.3) is 0 Å². The average molecular weight is 332 g/mol. The fourth-order valence-electron chi connectivity index (χ4n) is 3.03. The van der Waals surface area contributed by atoms with Gasteiger partial charge in [-0.05, 0) is 26.2 Å². The van der Waals surface area contributed by atoms with E-state index in [1.807, 2.05) is 0 Å². The van der Waals surface area contributed by atoms with Crippen LogP contribution in [0.3, 0.4) is 0 Å². The van der Waals surface area contributed by atoms with Crippen LogP contribution in [0.5, 0.6) is 0 Å². The molecule has 2 fully saturated rings. The zero-order chi connectivity index (χ0) is 16.1. The van der Waals surface area contributed by atoms with E-state index < -0.39 is 10.0 Å². The molecule has 22 heavy (non-hydrogen) atoms. The number of nitrogens with zero attached hydrogens (tertiary/aromatic N) is 2. The number of likely N-dealkylation sites (tertiary alicyclic amines) is 1. The molecule has 2 aliphatic rings. The maximum absolute atomic E-state index is 11.0. The molecule has 0 aromatic rings. The van der Waals surface area contributed by atoms with E-state index in [1.54, 1.807) is 0 Å². The van der Waals surface area contributed by atoms with Crippen LogP contribution in [0.15, 0.2) is 4.99 Å². The number of rotatable bonds is 6. The van der Waals surface area contributed by atoms with Crippen molar-refractivity contribution < 1.29 is 13.2 Å². The van der Waals surface area contributed by atoms with Crippen molar-refractivity contribution in [2.75, 3.05) is 52.2 Å². The minimum Gasteiger partial charge on any atom is -0.381 e. The first-order chi connectivity index (χ1) is 10.4. The molecule has 0 saturated carbocycles. The van der Waals surface area contributed by atoms with Gasteiger partial charge in [-0.3, -0.25) is 4.99 Å². The maximum Gasteiger partial charge on any atom is 0.208 e. The van der Waals surface area contributed by atoms with E-state index in [4.69, 9.17) is 4.74 Å². The predicted octanol–water partition coefficient (Wildman–Crippen LogP) is 0.00360. The van der Waals surface area contributed by atoms with Crippen molar-refractivity contribution >= 4 is 16.0 Å². The van der Waals surface area contributed by atoms with Crippen LogP contribution in [0.4, 0.5) is 0 Å². The molecule has 8 heteroatoms. The van der Waals surface area contributed by atoms with Crippen molar-refractivity contribution in [1.29, 1.82) is 0 Å². The Morgan fingerprint density at radius 3 is 2.86 bits per heavy atom. The fraction of sp³-hybridized carbons (Fsp3) is 0.929. The lowest BCUT2D eigenvalue weighted by Crippen LogP contribution is -2.41. The molecular weight excluding hydrogens is 304 g/mol. The van der Waals surface area contributed by atoms with Crippen LogP contribution in [0.2, 0.25) is 0 Å². The second-order valence-electron chi connectivity index (χ2n) is 6.23. The number of aliphatic imine (C=N–C) groups is 1. The summed E-state index contributed by atoms with van der Waals surface area (Å²) in [7, 11) is -3.10. The average Bonchev–Trinajstić information content (AvgIpc) is 3.07. The highest BCUT2D eigenvalue weighted by Crippen LogP contribution is 2.38. The van der Waals surface area contributed by atoms with Crippen LogP contribution in [0.1, 0.15) is 26.2 Å². The van der Waals surface area contributed by atoms with E-state index in [1.165, 1.54) is 6.26 Å². The quantitative estimate of drug-likeness (QED) is 0.406. The minimum absolute atomic E-state index is 0.314. The molecule has 0 aromatic carbocycles. The molecule has 0 radical (unpaired) electrons. The summed E-state index contributed by atoms with van der Waals surface area (Å²) in [6, 6.07) is 0. The zero-order valence-corrected chi connectivity index (χ0v) is 14.4. The van der Waals surface area contributed by atoms with Crippen LogP contribution in [-0.4, -0.2) is 71.5 Å². The van der Waals surface area contributed by atoms with Crippen LogP contribution in [0.25, 0.3) is 0 Å². The topological polar surface area (TPSA) is 83.0 Å². The van der Waals surface area contributed by atoms with Gasteiger partial charge in [0, 0.05) is 44.7 Å². The smallest absolute Gasteiger partial charge is 0.208 e. The van der Waals surface area contributed by atoms with Gasteiger partial charge in [0.05, 0.1) is 12.9 Å². The summed E-state index contributed by atoms with van der Waals surface area (Å²) in [5.41, 5.74) is 0.314. The number of hydrogen-bond donors (Lipinski definition) is 2. The third kappa shape index (κ3) is 5.10. The van der Waals surface area contributed by atoms with Gasteiger partial charge in [-0.2, -0.15) is 0 Å². The Morgan fingerprint density at radius 2 is 2.23 bits per heavy atom. The summed E-state index contributed by atoms with van der Waals surface area (Å²) in [6.45, 7) is 7.69. The van der Waals surface area contributed by atoms with E-state index in [0.29, 0.717) is 24.9 Å². The second kappa shape index (κ2) is 7.61. The molecule has 0 bridgehead atoms. The lowest BCUT2D eigenvalue weighted by Gasteiger charge is -2.25. The van der Waals surface area contributed by atoms with Crippen LogP contribution >= 0.6 is 0 Å². The Bertz CT molecular complexity index is 486. The summed E-state index contributed by atoms with van der Waals surface area (Å²) in [5.74, 6) is 0.936. The zero-order valence-electron chi connectivity index (χ0n) is 13.6. The summed E-state index contributed by atoms with van der Waals surface area (Å²) in [4.78, 5) is 6.93. The normalized spacial score (nSPS) is 26.1. The Morgan fingerprint density at radius 1 is 1.41 bits per heavy atom. The van der Waals surface area contributed by atoms with Crippen molar-refractivity contribution in [3.63, 3.8) is 0 Å². The molecule has 1 spiro atoms. The van der Waals surface area contributed by atoms with Gasteiger partial charge in [0.15, 0.2) is 5.96 Å². The number of sulfonamides is 1. The van der Waals surface area contributed by atoms with Gasteiger partial charge in [-0.15, -0.1) is 0 Å².